The minimum atomic E-state index is -0.204. The van der Waals surface area contributed by atoms with Crippen LogP contribution in [0.15, 0.2) is 59.4 Å². The lowest BCUT2D eigenvalue weighted by Gasteiger charge is -2.10. The minimum Gasteiger partial charge on any atom is -0.379 e. The molecule has 4 aromatic rings. The van der Waals surface area contributed by atoms with E-state index in [1.807, 2.05) is 55.5 Å². The second-order valence-electron chi connectivity index (χ2n) is 5.93. The lowest BCUT2D eigenvalue weighted by molar-refractivity contribution is 0.878. The fourth-order valence-electron chi connectivity index (χ4n) is 2.73. The molecule has 2 aromatic carbocycles. The minimum absolute atomic E-state index is 0.204. The highest BCUT2D eigenvalue weighted by Crippen LogP contribution is 2.23. The summed E-state index contributed by atoms with van der Waals surface area (Å²) in [5, 5.41) is 6.95. The standard InChI is InChI=1S/C19H16ClN5O/c1-12-15(20)8-5-9-16(12)21-11-14-10-17(26)25-19(22-14)23-18(24-25)13-6-3-2-4-7-13/h2-10,21H,11H2,1H3,(H,22,23,24). The molecule has 26 heavy (non-hydrogen) atoms. The molecule has 0 aliphatic rings. The van der Waals surface area contributed by atoms with Crippen LogP contribution in [0.25, 0.3) is 17.2 Å². The van der Waals surface area contributed by atoms with Crippen molar-refractivity contribution >= 4 is 23.1 Å². The average Bonchev–Trinajstić information content (AvgIpc) is 3.08. The van der Waals surface area contributed by atoms with Crippen LogP contribution in [0.3, 0.4) is 0 Å². The largest absolute Gasteiger partial charge is 0.379 e. The van der Waals surface area contributed by atoms with Gasteiger partial charge in [-0.1, -0.05) is 48.0 Å². The Kier molecular flexibility index (Phi) is 4.18. The van der Waals surface area contributed by atoms with Crippen LogP contribution in [-0.2, 0) is 6.54 Å². The molecule has 130 valence electrons. The molecule has 0 radical (unpaired) electrons. The van der Waals surface area contributed by atoms with Gasteiger partial charge in [0.2, 0.25) is 0 Å². The monoisotopic (exact) mass is 365 g/mol. The molecule has 2 heterocycles. The summed E-state index contributed by atoms with van der Waals surface area (Å²) in [5.74, 6) is 0.946. The Morgan fingerprint density at radius 1 is 1.12 bits per heavy atom. The fraction of sp³-hybridized carbons (Fsp3) is 0.105. The van der Waals surface area contributed by atoms with Gasteiger partial charge in [0.05, 0.1) is 12.2 Å². The molecule has 6 nitrogen and oxygen atoms in total. The number of hydrogen-bond donors (Lipinski definition) is 2. The van der Waals surface area contributed by atoms with Gasteiger partial charge in [0.25, 0.3) is 11.3 Å². The average molecular weight is 366 g/mol. The Bertz CT molecular complexity index is 1130. The van der Waals surface area contributed by atoms with Gasteiger partial charge in [-0.05, 0) is 24.6 Å². The summed E-state index contributed by atoms with van der Waals surface area (Å²) < 4.78 is 1.34. The molecule has 0 atom stereocenters. The lowest BCUT2D eigenvalue weighted by Crippen LogP contribution is -2.17. The molecular formula is C19H16ClN5O. The van der Waals surface area contributed by atoms with Crippen molar-refractivity contribution in [3.05, 3.63) is 81.2 Å². The molecule has 0 aliphatic carbocycles. The Balaban J connectivity index is 1.65. The molecule has 2 aromatic heterocycles. The van der Waals surface area contributed by atoms with E-state index in [1.54, 1.807) is 0 Å². The number of anilines is 1. The fourth-order valence-corrected chi connectivity index (χ4v) is 2.90. The molecule has 0 aliphatic heterocycles. The Labute approximate surface area is 154 Å². The number of aromatic nitrogens is 4. The van der Waals surface area contributed by atoms with Gasteiger partial charge in [0.1, 0.15) is 0 Å². The summed E-state index contributed by atoms with van der Waals surface area (Å²) >= 11 is 6.14. The van der Waals surface area contributed by atoms with E-state index < -0.39 is 0 Å². The summed E-state index contributed by atoms with van der Waals surface area (Å²) in [6.07, 6.45) is 0. The van der Waals surface area contributed by atoms with Gasteiger partial charge < -0.3 is 5.32 Å². The lowest BCUT2D eigenvalue weighted by atomic mass is 10.2. The van der Waals surface area contributed by atoms with Crippen molar-refractivity contribution < 1.29 is 0 Å². The number of hydrogen-bond acceptors (Lipinski definition) is 4. The second kappa shape index (κ2) is 6.65. The zero-order valence-electron chi connectivity index (χ0n) is 14.0. The summed E-state index contributed by atoms with van der Waals surface area (Å²) in [7, 11) is 0. The number of fused-ring (bicyclic) bond motifs is 1. The topological polar surface area (TPSA) is 75.1 Å². The summed E-state index contributed by atoms with van der Waals surface area (Å²) in [6, 6.07) is 16.8. The zero-order valence-corrected chi connectivity index (χ0v) is 14.8. The molecule has 0 spiro atoms. The first-order valence-electron chi connectivity index (χ1n) is 8.15. The number of nitrogens with one attached hydrogen (secondary N) is 2. The predicted octanol–water partition coefficient (Wildman–Crippen LogP) is 3.66. The highest BCUT2D eigenvalue weighted by molar-refractivity contribution is 6.31. The zero-order chi connectivity index (χ0) is 18.1. The van der Waals surface area contributed by atoms with Gasteiger partial charge in [-0.15, -0.1) is 0 Å². The van der Waals surface area contributed by atoms with Crippen LogP contribution < -0.4 is 10.9 Å². The van der Waals surface area contributed by atoms with E-state index in [-0.39, 0.29) is 5.56 Å². The molecule has 0 fully saturated rings. The van der Waals surface area contributed by atoms with Crippen molar-refractivity contribution in [1.29, 1.82) is 0 Å². The summed E-state index contributed by atoms with van der Waals surface area (Å²) in [4.78, 5) is 21.3. The van der Waals surface area contributed by atoms with Crippen LogP contribution in [0.4, 0.5) is 5.69 Å². The number of aromatic amines is 1. The molecule has 0 saturated heterocycles. The normalized spacial score (nSPS) is 11.0. The van der Waals surface area contributed by atoms with Gasteiger partial charge in [0.15, 0.2) is 5.82 Å². The van der Waals surface area contributed by atoms with Crippen molar-refractivity contribution in [3.63, 3.8) is 0 Å². The maximum Gasteiger partial charge on any atom is 0.274 e. The van der Waals surface area contributed by atoms with Gasteiger partial charge in [-0.25, -0.2) is 4.98 Å². The number of rotatable bonds is 4. The highest BCUT2D eigenvalue weighted by atomic mass is 35.5. The van der Waals surface area contributed by atoms with E-state index in [4.69, 9.17) is 11.6 Å². The summed E-state index contributed by atoms with van der Waals surface area (Å²) in [5.41, 5.74) is 3.17. The van der Waals surface area contributed by atoms with Crippen molar-refractivity contribution in [3.8, 4) is 11.4 Å². The maximum absolute atomic E-state index is 12.4. The maximum atomic E-state index is 12.4. The number of halogens is 1. The molecule has 0 bridgehead atoms. The van der Waals surface area contributed by atoms with E-state index in [9.17, 15) is 4.79 Å². The van der Waals surface area contributed by atoms with Crippen LogP contribution in [-0.4, -0.2) is 19.6 Å². The first-order chi connectivity index (χ1) is 12.6. The van der Waals surface area contributed by atoms with Crippen LogP contribution in [0.2, 0.25) is 5.02 Å². The highest BCUT2D eigenvalue weighted by Gasteiger charge is 2.10. The Morgan fingerprint density at radius 3 is 2.73 bits per heavy atom. The van der Waals surface area contributed by atoms with Gasteiger partial charge in [-0.3, -0.25) is 9.89 Å². The van der Waals surface area contributed by atoms with Crippen molar-refractivity contribution in [2.24, 2.45) is 0 Å². The SMILES string of the molecule is Cc1c(Cl)cccc1NCc1cc(=O)n2[nH]c(-c3ccccc3)nc2n1. The van der Waals surface area contributed by atoms with Crippen molar-refractivity contribution in [2.45, 2.75) is 13.5 Å². The molecule has 0 amide bonds. The molecule has 0 saturated carbocycles. The third-order valence-corrected chi connectivity index (χ3v) is 4.57. The van der Waals surface area contributed by atoms with Crippen molar-refractivity contribution in [1.82, 2.24) is 19.6 Å². The Morgan fingerprint density at radius 2 is 1.92 bits per heavy atom. The van der Waals surface area contributed by atoms with E-state index >= 15 is 0 Å². The number of H-pyrrole nitrogens is 1. The quantitative estimate of drug-likeness (QED) is 0.578. The Hall–Kier alpha value is -3.12. The third-order valence-electron chi connectivity index (χ3n) is 4.16. The summed E-state index contributed by atoms with van der Waals surface area (Å²) in [6.45, 7) is 2.34. The molecule has 0 unspecified atom stereocenters. The molecule has 4 rings (SSSR count). The molecular weight excluding hydrogens is 350 g/mol. The van der Waals surface area contributed by atoms with Crippen molar-refractivity contribution in [2.75, 3.05) is 5.32 Å². The first kappa shape index (κ1) is 16.4. The van der Waals surface area contributed by atoms with E-state index in [0.29, 0.717) is 28.9 Å². The smallest absolute Gasteiger partial charge is 0.274 e. The van der Waals surface area contributed by atoms with Gasteiger partial charge >= 0.3 is 0 Å². The van der Waals surface area contributed by atoms with Gasteiger partial charge in [-0.2, -0.15) is 9.50 Å². The predicted molar refractivity (Wildman–Crippen MR) is 103 cm³/mol. The van der Waals surface area contributed by atoms with Gasteiger partial charge in [0, 0.05) is 22.3 Å². The van der Waals surface area contributed by atoms with E-state index in [2.05, 4.69) is 20.4 Å². The third kappa shape index (κ3) is 3.07. The van der Waals surface area contributed by atoms with Crippen LogP contribution in [0, 0.1) is 6.92 Å². The number of benzene rings is 2. The van der Waals surface area contributed by atoms with Crippen LogP contribution in [0.5, 0.6) is 0 Å². The second-order valence-corrected chi connectivity index (χ2v) is 6.33. The molecule has 2 N–H and O–H groups in total. The van der Waals surface area contributed by atoms with E-state index in [1.165, 1.54) is 10.6 Å². The van der Waals surface area contributed by atoms with Crippen LogP contribution in [0.1, 0.15) is 11.3 Å². The first-order valence-corrected chi connectivity index (χ1v) is 8.53. The van der Waals surface area contributed by atoms with Crippen LogP contribution >= 0.6 is 11.6 Å². The van der Waals surface area contributed by atoms with E-state index in [0.717, 1.165) is 16.8 Å². The molecule has 7 heteroatoms. The number of nitrogens with zero attached hydrogens (tertiary/aromatic N) is 3.